The third-order valence-electron chi connectivity index (χ3n) is 2.58. The maximum Gasteiger partial charge on any atom is 0.390 e. The lowest BCUT2D eigenvalue weighted by Crippen LogP contribution is -2.25. The molecule has 0 radical (unpaired) electrons. The molecule has 0 bridgehead atoms. The van der Waals surface area contributed by atoms with Gasteiger partial charge in [-0.1, -0.05) is 22.0 Å². The number of nitrogens with zero attached hydrogens (tertiary/aromatic N) is 1. The Kier molecular flexibility index (Phi) is 5.04. The van der Waals surface area contributed by atoms with E-state index in [2.05, 4.69) is 15.9 Å². The van der Waals surface area contributed by atoms with E-state index < -0.39 is 18.7 Å². The van der Waals surface area contributed by atoms with E-state index in [0.717, 1.165) is 4.47 Å². The summed E-state index contributed by atoms with van der Waals surface area (Å²) in [6.45, 7) is 1.45. The van der Waals surface area contributed by atoms with E-state index in [1.165, 1.54) is 4.90 Å². The van der Waals surface area contributed by atoms with Crippen LogP contribution < -0.4 is 4.90 Å². The topological polar surface area (TPSA) is 23.5 Å². The van der Waals surface area contributed by atoms with Gasteiger partial charge >= 0.3 is 6.18 Å². The average Bonchev–Trinajstić information content (AvgIpc) is 2.24. The first-order valence-corrected chi connectivity index (χ1v) is 6.25. The van der Waals surface area contributed by atoms with Crippen molar-refractivity contribution >= 4 is 21.6 Å². The van der Waals surface area contributed by atoms with Gasteiger partial charge in [0.05, 0.1) is 12.5 Å². The minimum Gasteiger partial charge on any atom is -0.389 e. The Morgan fingerprint density at radius 2 is 2.00 bits per heavy atom. The van der Waals surface area contributed by atoms with Gasteiger partial charge in [0.15, 0.2) is 0 Å². The summed E-state index contributed by atoms with van der Waals surface area (Å²) in [7, 11) is 1.58. The van der Waals surface area contributed by atoms with E-state index in [4.69, 9.17) is 0 Å². The molecule has 1 unspecified atom stereocenters. The smallest absolute Gasteiger partial charge is 0.389 e. The lowest BCUT2D eigenvalue weighted by Gasteiger charge is -2.24. The normalized spacial score (nSPS) is 13.5. The molecule has 0 aromatic heterocycles. The van der Waals surface area contributed by atoms with Crippen molar-refractivity contribution in [1.29, 1.82) is 0 Å². The van der Waals surface area contributed by atoms with Gasteiger partial charge < -0.3 is 10.0 Å². The fourth-order valence-corrected chi connectivity index (χ4v) is 1.96. The van der Waals surface area contributed by atoms with Gasteiger partial charge in [0, 0.05) is 29.3 Å². The molecule has 0 heterocycles. The Morgan fingerprint density at radius 1 is 1.39 bits per heavy atom. The molecule has 1 aromatic rings. The molecule has 1 N–H and O–H groups in total. The molecule has 0 aliphatic carbocycles. The first kappa shape index (κ1) is 15.3. The van der Waals surface area contributed by atoms with Crippen LogP contribution in [0.4, 0.5) is 18.9 Å². The molecule has 1 aromatic carbocycles. The van der Waals surface area contributed by atoms with Crippen LogP contribution in [0.1, 0.15) is 25.0 Å². The summed E-state index contributed by atoms with van der Waals surface area (Å²) in [5.41, 5.74) is 1.21. The number of benzene rings is 1. The summed E-state index contributed by atoms with van der Waals surface area (Å²) in [6.07, 6.45) is -5.78. The number of aliphatic hydroxyl groups is 1. The molecule has 0 saturated carbocycles. The molecule has 1 rings (SSSR count). The van der Waals surface area contributed by atoms with E-state index in [9.17, 15) is 18.3 Å². The van der Waals surface area contributed by atoms with Crippen molar-refractivity contribution in [2.24, 2.45) is 0 Å². The lowest BCUT2D eigenvalue weighted by atomic mass is 10.1. The molecule has 0 spiro atoms. The summed E-state index contributed by atoms with van der Waals surface area (Å²) in [4.78, 5) is 1.50. The zero-order valence-corrected chi connectivity index (χ0v) is 11.7. The third kappa shape index (κ3) is 4.49. The fourth-order valence-electron chi connectivity index (χ4n) is 1.62. The Bertz CT molecular complexity index is 407. The van der Waals surface area contributed by atoms with E-state index >= 15 is 0 Å². The van der Waals surface area contributed by atoms with Crippen molar-refractivity contribution in [1.82, 2.24) is 0 Å². The van der Waals surface area contributed by atoms with Gasteiger partial charge in [0.1, 0.15) is 0 Å². The van der Waals surface area contributed by atoms with E-state index in [-0.39, 0.29) is 6.54 Å². The molecular formula is C12H15BrF3NO. The Hall–Kier alpha value is -0.750. The molecule has 18 heavy (non-hydrogen) atoms. The molecule has 0 aliphatic rings. The number of halogens is 4. The van der Waals surface area contributed by atoms with Crippen LogP contribution in [-0.2, 0) is 0 Å². The highest BCUT2D eigenvalue weighted by Crippen LogP contribution is 2.30. The highest BCUT2D eigenvalue weighted by Gasteiger charge is 2.27. The average molecular weight is 326 g/mol. The van der Waals surface area contributed by atoms with Crippen LogP contribution in [0.5, 0.6) is 0 Å². The quantitative estimate of drug-likeness (QED) is 0.907. The maximum atomic E-state index is 12.2. The Labute approximate surface area is 113 Å². The SMILES string of the molecule is CC(O)c1ccc(Br)cc1N(C)CCC(F)(F)F. The number of alkyl halides is 3. The van der Waals surface area contributed by atoms with Crippen molar-refractivity contribution in [3.63, 3.8) is 0 Å². The minimum absolute atomic E-state index is 0.139. The molecular weight excluding hydrogens is 311 g/mol. The fraction of sp³-hybridized carbons (Fsp3) is 0.500. The monoisotopic (exact) mass is 325 g/mol. The van der Waals surface area contributed by atoms with Crippen LogP contribution in [-0.4, -0.2) is 24.9 Å². The highest BCUT2D eigenvalue weighted by molar-refractivity contribution is 9.10. The summed E-state index contributed by atoms with van der Waals surface area (Å²) in [5, 5.41) is 9.61. The molecule has 0 saturated heterocycles. The second kappa shape index (κ2) is 5.93. The molecule has 0 aliphatic heterocycles. The van der Waals surface area contributed by atoms with Gasteiger partial charge in [-0.25, -0.2) is 0 Å². The van der Waals surface area contributed by atoms with Crippen molar-refractivity contribution in [2.75, 3.05) is 18.5 Å². The highest BCUT2D eigenvalue weighted by atomic mass is 79.9. The molecule has 2 nitrogen and oxygen atoms in total. The van der Waals surface area contributed by atoms with Gasteiger partial charge in [-0.15, -0.1) is 0 Å². The molecule has 0 amide bonds. The minimum atomic E-state index is -4.18. The zero-order valence-electron chi connectivity index (χ0n) is 10.1. The molecule has 0 fully saturated rings. The van der Waals surface area contributed by atoms with Crippen LogP contribution in [0.15, 0.2) is 22.7 Å². The Morgan fingerprint density at radius 3 is 2.50 bits per heavy atom. The van der Waals surface area contributed by atoms with Crippen LogP contribution in [0.25, 0.3) is 0 Å². The van der Waals surface area contributed by atoms with Gasteiger partial charge in [0.25, 0.3) is 0 Å². The van der Waals surface area contributed by atoms with E-state index in [0.29, 0.717) is 11.3 Å². The van der Waals surface area contributed by atoms with Crippen molar-refractivity contribution < 1.29 is 18.3 Å². The summed E-state index contributed by atoms with van der Waals surface area (Å²) in [5.74, 6) is 0. The van der Waals surface area contributed by atoms with Gasteiger partial charge in [-0.3, -0.25) is 0 Å². The van der Waals surface area contributed by atoms with Gasteiger partial charge in [0.2, 0.25) is 0 Å². The number of hydrogen-bond acceptors (Lipinski definition) is 2. The van der Waals surface area contributed by atoms with Crippen molar-refractivity contribution in [2.45, 2.75) is 25.6 Å². The maximum absolute atomic E-state index is 12.2. The summed E-state index contributed by atoms with van der Waals surface area (Å²) >= 11 is 3.27. The number of aliphatic hydroxyl groups excluding tert-OH is 1. The second-order valence-corrected chi connectivity index (χ2v) is 5.08. The number of rotatable bonds is 4. The van der Waals surface area contributed by atoms with E-state index in [1.54, 1.807) is 32.2 Å². The van der Waals surface area contributed by atoms with Crippen LogP contribution in [0.2, 0.25) is 0 Å². The van der Waals surface area contributed by atoms with Crippen molar-refractivity contribution in [3.05, 3.63) is 28.2 Å². The predicted molar refractivity (Wildman–Crippen MR) is 68.7 cm³/mol. The lowest BCUT2D eigenvalue weighted by molar-refractivity contribution is -0.132. The van der Waals surface area contributed by atoms with E-state index in [1.807, 2.05) is 0 Å². The van der Waals surface area contributed by atoms with Crippen LogP contribution in [0.3, 0.4) is 0 Å². The molecule has 6 heteroatoms. The second-order valence-electron chi connectivity index (χ2n) is 4.17. The van der Waals surface area contributed by atoms with Crippen LogP contribution in [0, 0.1) is 0 Å². The van der Waals surface area contributed by atoms with Crippen LogP contribution >= 0.6 is 15.9 Å². The van der Waals surface area contributed by atoms with Gasteiger partial charge in [-0.05, 0) is 19.1 Å². The third-order valence-corrected chi connectivity index (χ3v) is 3.08. The predicted octanol–water partition coefficient (Wildman–Crippen LogP) is 3.89. The number of anilines is 1. The standard InChI is InChI=1S/C12H15BrF3NO/c1-8(18)10-4-3-9(13)7-11(10)17(2)6-5-12(14,15)16/h3-4,7-8,18H,5-6H2,1-2H3. The Balaban J connectivity index is 2.90. The molecule has 102 valence electrons. The molecule has 1 atom stereocenters. The van der Waals surface area contributed by atoms with Crippen molar-refractivity contribution in [3.8, 4) is 0 Å². The summed E-state index contributed by atoms with van der Waals surface area (Å²) in [6, 6.07) is 5.16. The first-order chi connectivity index (χ1) is 8.20. The number of hydrogen-bond donors (Lipinski definition) is 1. The van der Waals surface area contributed by atoms with Gasteiger partial charge in [-0.2, -0.15) is 13.2 Å². The largest absolute Gasteiger partial charge is 0.390 e. The summed E-state index contributed by atoms with van der Waals surface area (Å²) < 4.78 is 37.3. The first-order valence-electron chi connectivity index (χ1n) is 5.46. The zero-order chi connectivity index (χ0) is 13.9.